The van der Waals surface area contributed by atoms with Crippen molar-refractivity contribution in [2.45, 2.75) is 19.8 Å². The Morgan fingerprint density at radius 1 is 1.29 bits per heavy atom. The smallest absolute Gasteiger partial charge is 0.274 e. The van der Waals surface area contributed by atoms with Crippen molar-refractivity contribution in [2.24, 2.45) is 0 Å². The molecule has 0 saturated heterocycles. The van der Waals surface area contributed by atoms with Crippen LogP contribution in [-0.2, 0) is 6.42 Å². The van der Waals surface area contributed by atoms with Gasteiger partial charge in [-0.2, -0.15) is 0 Å². The zero-order chi connectivity index (χ0) is 17.3. The SMILES string of the molecule is CCCc1nc2ccc(F)cn2c1C(=O)Nc1cc(Cl)ccc1Cl. The lowest BCUT2D eigenvalue weighted by Crippen LogP contribution is -2.17. The summed E-state index contributed by atoms with van der Waals surface area (Å²) in [5.41, 5.74) is 1.81. The Balaban J connectivity index is 2.06. The molecule has 1 N–H and O–H groups in total. The quantitative estimate of drug-likeness (QED) is 0.708. The molecule has 4 nitrogen and oxygen atoms in total. The second kappa shape index (κ2) is 6.79. The fourth-order valence-corrected chi connectivity index (χ4v) is 2.83. The summed E-state index contributed by atoms with van der Waals surface area (Å²) in [5.74, 6) is -0.862. The number of pyridine rings is 1. The van der Waals surface area contributed by atoms with E-state index in [4.69, 9.17) is 23.2 Å². The molecule has 3 rings (SSSR count). The zero-order valence-corrected chi connectivity index (χ0v) is 14.3. The van der Waals surface area contributed by atoms with Gasteiger partial charge in [-0.15, -0.1) is 0 Å². The van der Waals surface area contributed by atoms with Crippen LogP contribution in [0.2, 0.25) is 10.0 Å². The van der Waals surface area contributed by atoms with Gasteiger partial charge in [0.25, 0.3) is 5.91 Å². The third kappa shape index (κ3) is 3.23. The number of rotatable bonds is 4. The number of amides is 1. The summed E-state index contributed by atoms with van der Waals surface area (Å²) in [6, 6.07) is 7.64. The Hall–Kier alpha value is -2.11. The molecule has 0 atom stereocenters. The van der Waals surface area contributed by atoms with Gasteiger partial charge in [-0.1, -0.05) is 36.5 Å². The molecule has 0 bridgehead atoms. The molecule has 0 saturated carbocycles. The third-order valence-electron chi connectivity index (χ3n) is 3.53. The molecule has 0 spiro atoms. The minimum atomic E-state index is -0.446. The molecule has 124 valence electrons. The summed E-state index contributed by atoms with van der Waals surface area (Å²) >= 11 is 12.0. The van der Waals surface area contributed by atoms with E-state index in [1.807, 2.05) is 6.92 Å². The summed E-state index contributed by atoms with van der Waals surface area (Å²) in [7, 11) is 0. The summed E-state index contributed by atoms with van der Waals surface area (Å²) in [5, 5.41) is 3.54. The van der Waals surface area contributed by atoms with Crippen LogP contribution in [0.3, 0.4) is 0 Å². The molecular weight excluding hydrogens is 352 g/mol. The Morgan fingerprint density at radius 2 is 2.08 bits per heavy atom. The van der Waals surface area contributed by atoms with Gasteiger partial charge in [-0.3, -0.25) is 9.20 Å². The Bertz CT molecular complexity index is 924. The maximum Gasteiger partial charge on any atom is 0.274 e. The van der Waals surface area contributed by atoms with Crippen molar-refractivity contribution in [1.82, 2.24) is 9.38 Å². The van der Waals surface area contributed by atoms with E-state index in [0.29, 0.717) is 39.2 Å². The van der Waals surface area contributed by atoms with Crippen molar-refractivity contribution in [3.63, 3.8) is 0 Å². The summed E-state index contributed by atoms with van der Waals surface area (Å²) in [6.45, 7) is 1.99. The first kappa shape index (κ1) is 16.7. The van der Waals surface area contributed by atoms with E-state index in [0.717, 1.165) is 6.42 Å². The highest BCUT2D eigenvalue weighted by Gasteiger charge is 2.20. The number of anilines is 1. The van der Waals surface area contributed by atoms with Crippen LogP contribution in [0.1, 0.15) is 29.5 Å². The molecule has 3 aromatic rings. The Labute approximate surface area is 148 Å². The third-order valence-corrected chi connectivity index (χ3v) is 4.10. The van der Waals surface area contributed by atoms with Gasteiger partial charge in [0.15, 0.2) is 0 Å². The van der Waals surface area contributed by atoms with E-state index in [1.54, 1.807) is 18.2 Å². The number of carbonyl (C=O) groups excluding carboxylic acids is 1. The lowest BCUT2D eigenvalue weighted by atomic mass is 10.2. The van der Waals surface area contributed by atoms with Crippen molar-refractivity contribution in [2.75, 3.05) is 5.32 Å². The molecule has 0 aliphatic rings. The van der Waals surface area contributed by atoms with Gasteiger partial charge in [-0.05, 0) is 36.8 Å². The molecule has 2 aromatic heterocycles. The van der Waals surface area contributed by atoms with Crippen LogP contribution >= 0.6 is 23.2 Å². The van der Waals surface area contributed by atoms with Crippen LogP contribution in [0.5, 0.6) is 0 Å². The largest absolute Gasteiger partial charge is 0.319 e. The maximum atomic E-state index is 13.6. The van der Waals surface area contributed by atoms with E-state index in [1.165, 1.54) is 22.7 Å². The Kier molecular flexibility index (Phi) is 4.73. The molecule has 1 amide bonds. The van der Waals surface area contributed by atoms with Gasteiger partial charge in [-0.25, -0.2) is 9.37 Å². The molecule has 0 aliphatic heterocycles. The highest BCUT2D eigenvalue weighted by Crippen LogP contribution is 2.26. The van der Waals surface area contributed by atoms with Gasteiger partial charge in [0.05, 0.1) is 16.4 Å². The predicted molar refractivity (Wildman–Crippen MR) is 93.6 cm³/mol. The summed E-state index contributed by atoms with van der Waals surface area (Å²) in [4.78, 5) is 17.2. The number of carbonyl (C=O) groups is 1. The van der Waals surface area contributed by atoms with E-state index >= 15 is 0 Å². The molecule has 1 aromatic carbocycles. The first-order valence-corrected chi connectivity index (χ1v) is 8.18. The van der Waals surface area contributed by atoms with Crippen LogP contribution in [-0.4, -0.2) is 15.3 Å². The van der Waals surface area contributed by atoms with Crippen LogP contribution in [0.25, 0.3) is 5.65 Å². The highest BCUT2D eigenvalue weighted by molar-refractivity contribution is 6.35. The predicted octanol–water partition coefficient (Wildman–Crippen LogP) is 4.99. The van der Waals surface area contributed by atoms with Crippen molar-refractivity contribution in [3.8, 4) is 0 Å². The molecule has 7 heteroatoms. The van der Waals surface area contributed by atoms with Gasteiger partial charge in [0, 0.05) is 11.2 Å². The normalized spacial score (nSPS) is 11.0. The minimum absolute atomic E-state index is 0.294. The number of nitrogens with one attached hydrogen (secondary N) is 1. The van der Waals surface area contributed by atoms with Crippen molar-refractivity contribution in [1.29, 1.82) is 0 Å². The van der Waals surface area contributed by atoms with Gasteiger partial charge >= 0.3 is 0 Å². The van der Waals surface area contributed by atoms with Crippen molar-refractivity contribution in [3.05, 3.63) is 63.8 Å². The number of aromatic nitrogens is 2. The van der Waals surface area contributed by atoms with Crippen LogP contribution in [0.15, 0.2) is 36.5 Å². The molecule has 24 heavy (non-hydrogen) atoms. The van der Waals surface area contributed by atoms with E-state index in [-0.39, 0.29) is 0 Å². The Morgan fingerprint density at radius 3 is 2.83 bits per heavy atom. The van der Waals surface area contributed by atoms with E-state index in [2.05, 4.69) is 10.3 Å². The molecule has 0 unspecified atom stereocenters. The highest BCUT2D eigenvalue weighted by atomic mass is 35.5. The minimum Gasteiger partial charge on any atom is -0.319 e. The topological polar surface area (TPSA) is 46.4 Å². The van der Waals surface area contributed by atoms with Crippen LogP contribution in [0.4, 0.5) is 10.1 Å². The van der Waals surface area contributed by atoms with E-state index < -0.39 is 11.7 Å². The fraction of sp³-hybridized carbons (Fsp3) is 0.176. The lowest BCUT2D eigenvalue weighted by Gasteiger charge is -2.09. The first-order chi connectivity index (χ1) is 11.5. The standard InChI is InChI=1S/C17H14Cl2FN3O/c1-2-3-13-16(23-9-11(20)5-7-15(23)21-13)17(24)22-14-8-10(18)4-6-12(14)19/h4-9H,2-3H2,1H3,(H,22,24). The number of hydrogen-bond acceptors (Lipinski definition) is 2. The number of benzene rings is 1. The van der Waals surface area contributed by atoms with Gasteiger partial charge < -0.3 is 5.32 Å². The lowest BCUT2D eigenvalue weighted by molar-refractivity contribution is 0.102. The van der Waals surface area contributed by atoms with Crippen molar-refractivity contribution >= 4 is 40.4 Å². The summed E-state index contributed by atoms with van der Waals surface area (Å²) in [6.07, 6.45) is 2.66. The maximum absolute atomic E-state index is 13.6. The zero-order valence-electron chi connectivity index (χ0n) is 12.8. The number of imidazole rings is 1. The second-order valence-corrected chi connectivity index (χ2v) is 6.15. The number of nitrogens with zero attached hydrogens (tertiary/aromatic N) is 2. The van der Waals surface area contributed by atoms with Crippen LogP contribution in [0, 0.1) is 5.82 Å². The number of hydrogen-bond donors (Lipinski definition) is 1. The average Bonchev–Trinajstić information content (AvgIpc) is 2.88. The van der Waals surface area contributed by atoms with Gasteiger partial charge in [0.2, 0.25) is 0 Å². The van der Waals surface area contributed by atoms with Crippen molar-refractivity contribution < 1.29 is 9.18 Å². The van der Waals surface area contributed by atoms with E-state index in [9.17, 15) is 9.18 Å². The van der Waals surface area contributed by atoms with Crippen LogP contribution < -0.4 is 5.32 Å². The van der Waals surface area contributed by atoms with Gasteiger partial charge in [0.1, 0.15) is 17.2 Å². The number of halogens is 3. The number of aryl methyl sites for hydroxylation is 1. The number of fused-ring (bicyclic) bond motifs is 1. The molecule has 2 heterocycles. The molecule has 0 fully saturated rings. The molecular formula is C17H14Cl2FN3O. The second-order valence-electron chi connectivity index (χ2n) is 5.31. The fourth-order valence-electron chi connectivity index (χ4n) is 2.49. The summed E-state index contributed by atoms with van der Waals surface area (Å²) < 4.78 is 15.1. The molecule has 0 radical (unpaired) electrons. The average molecular weight is 366 g/mol. The molecule has 0 aliphatic carbocycles. The first-order valence-electron chi connectivity index (χ1n) is 7.42. The monoisotopic (exact) mass is 365 g/mol.